The van der Waals surface area contributed by atoms with E-state index in [9.17, 15) is 4.79 Å². The smallest absolute Gasteiger partial charge is 0.287 e. The number of pyridine rings is 1. The van der Waals surface area contributed by atoms with Gasteiger partial charge in [-0.2, -0.15) is 0 Å². The molecule has 0 saturated heterocycles. The van der Waals surface area contributed by atoms with Gasteiger partial charge in [0.15, 0.2) is 10.4 Å². The van der Waals surface area contributed by atoms with E-state index < -0.39 is 0 Å². The summed E-state index contributed by atoms with van der Waals surface area (Å²) in [7, 11) is 0. The molecule has 1 aliphatic rings. The lowest BCUT2D eigenvalue weighted by molar-refractivity contribution is 0.0897. The average Bonchev–Trinajstić information content (AvgIpc) is 3.10. The zero-order valence-corrected chi connectivity index (χ0v) is 17.1. The van der Waals surface area contributed by atoms with E-state index in [2.05, 4.69) is 43.7 Å². The number of fused-ring (bicyclic) bond motifs is 1. The van der Waals surface area contributed by atoms with E-state index >= 15 is 0 Å². The number of halogens is 2. The molecular formula is C20H21BrClN3O2. The Kier molecular flexibility index (Phi) is 6.39. The van der Waals surface area contributed by atoms with E-state index in [4.69, 9.17) is 4.42 Å². The van der Waals surface area contributed by atoms with Gasteiger partial charge in [-0.25, -0.2) is 4.98 Å². The number of aromatic nitrogens is 1. The largest absolute Gasteiger partial charge is 0.444 e. The van der Waals surface area contributed by atoms with Crippen LogP contribution in [0, 0.1) is 0 Å². The molecule has 0 radical (unpaired) electrons. The molecule has 4 rings (SSSR count). The number of carbonyl (C=O) groups is 1. The van der Waals surface area contributed by atoms with Gasteiger partial charge in [0, 0.05) is 17.5 Å². The highest BCUT2D eigenvalue weighted by Gasteiger charge is 2.24. The number of nitrogens with zero attached hydrogens (tertiary/aromatic N) is 1. The molecule has 1 aromatic carbocycles. The average molecular weight is 451 g/mol. The minimum atomic E-state index is -0.150. The molecule has 0 unspecified atom stereocenters. The second-order valence-corrected chi connectivity index (χ2v) is 7.44. The zero-order valence-electron chi connectivity index (χ0n) is 14.7. The van der Waals surface area contributed by atoms with Crippen LogP contribution in [0.25, 0.3) is 10.9 Å². The molecule has 0 bridgehead atoms. The molecule has 2 heterocycles. The number of rotatable bonds is 4. The summed E-state index contributed by atoms with van der Waals surface area (Å²) < 4.78 is 5.87. The Morgan fingerprint density at radius 1 is 1.00 bits per heavy atom. The molecule has 0 spiro atoms. The normalized spacial score (nSPS) is 19.3. The van der Waals surface area contributed by atoms with Crippen molar-refractivity contribution in [3.05, 3.63) is 59.0 Å². The van der Waals surface area contributed by atoms with Gasteiger partial charge in [0.1, 0.15) is 5.82 Å². The van der Waals surface area contributed by atoms with Gasteiger partial charge in [0.25, 0.3) is 5.91 Å². The van der Waals surface area contributed by atoms with Crippen molar-refractivity contribution in [1.82, 2.24) is 10.3 Å². The number of anilines is 1. The molecule has 0 atom stereocenters. The van der Waals surface area contributed by atoms with Gasteiger partial charge >= 0.3 is 0 Å². The Labute approximate surface area is 172 Å². The van der Waals surface area contributed by atoms with Crippen molar-refractivity contribution >= 4 is 51.0 Å². The lowest BCUT2D eigenvalue weighted by Crippen LogP contribution is -2.40. The lowest BCUT2D eigenvalue weighted by atomic mass is 9.91. The number of amides is 1. The monoisotopic (exact) mass is 449 g/mol. The van der Waals surface area contributed by atoms with Crippen LogP contribution in [-0.2, 0) is 0 Å². The third-order valence-electron chi connectivity index (χ3n) is 4.81. The number of para-hydroxylation sites is 1. The minimum absolute atomic E-state index is 0. The van der Waals surface area contributed by atoms with Crippen LogP contribution in [0.5, 0.6) is 0 Å². The van der Waals surface area contributed by atoms with E-state index in [0.29, 0.717) is 16.5 Å². The van der Waals surface area contributed by atoms with E-state index in [-0.39, 0.29) is 24.4 Å². The van der Waals surface area contributed by atoms with Gasteiger partial charge < -0.3 is 15.1 Å². The maximum atomic E-state index is 12.2. The van der Waals surface area contributed by atoms with Crippen LogP contribution in [0.4, 0.5) is 5.82 Å². The Hall–Kier alpha value is -2.05. The first-order chi connectivity index (χ1) is 12.7. The molecule has 0 aliphatic heterocycles. The number of nitrogens with one attached hydrogen (secondary N) is 2. The molecule has 1 fully saturated rings. The van der Waals surface area contributed by atoms with Crippen LogP contribution >= 0.6 is 28.3 Å². The molecule has 5 nitrogen and oxygen atoms in total. The van der Waals surface area contributed by atoms with Gasteiger partial charge in [-0.05, 0) is 71.9 Å². The van der Waals surface area contributed by atoms with Crippen molar-refractivity contribution in [3.8, 4) is 0 Å². The predicted molar refractivity (Wildman–Crippen MR) is 113 cm³/mol. The van der Waals surface area contributed by atoms with Gasteiger partial charge in [-0.3, -0.25) is 4.79 Å². The number of carbonyl (C=O) groups excluding carboxylic acids is 1. The maximum absolute atomic E-state index is 12.2. The first-order valence-electron chi connectivity index (χ1n) is 8.86. The lowest BCUT2D eigenvalue weighted by Gasteiger charge is -2.29. The number of hydrogen-bond donors (Lipinski definition) is 2. The molecule has 2 aromatic heterocycles. The highest BCUT2D eigenvalue weighted by Crippen LogP contribution is 2.23. The van der Waals surface area contributed by atoms with Crippen molar-refractivity contribution in [3.63, 3.8) is 0 Å². The summed E-state index contributed by atoms with van der Waals surface area (Å²) in [6.45, 7) is 0. The number of benzene rings is 1. The highest BCUT2D eigenvalue weighted by atomic mass is 79.9. The Balaban J connectivity index is 0.00000210. The second-order valence-electron chi connectivity index (χ2n) is 6.66. The van der Waals surface area contributed by atoms with Crippen molar-refractivity contribution < 1.29 is 9.21 Å². The summed E-state index contributed by atoms with van der Waals surface area (Å²) >= 11 is 3.22. The fourth-order valence-electron chi connectivity index (χ4n) is 3.43. The summed E-state index contributed by atoms with van der Waals surface area (Å²) in [6.07, 6.45) is 3.89. The van der Waals surface area contributed by atoms with E-state index in [1.807, 2.05) is 24.3 Å². The van der Waals surface area contributed by atoms with Crippen LogP contribution in [0.3, 0.4) is 0 Å². The zero-order chi connectivity index (χ0) is 17.9. The van der Waals surface area contributed by atoms with Crippen LogP contribution in [0.1, 0.15) is 36.2 Å². The van der Waals surface area contributed by atoms with Gasteiger partial charge in [-0.15, -0.1) is 12.4 Å². The first-order valence-corrected chi connectivity index (χ1v) is 9.65. The van der Waals surface area contributed by atoms with E-state index in [1.165, 1.54) is 0 Å². The Morgan fingerprint density at radius 2 is 1.74 bits per heavy atom. The van der Waals surface area contributed by atoms with Crippen molar-refractivity contribution in [2.75, 3.05) is 5.32 Å². The summed E-state index contributed by atoms with van der Waals surface area (Å²) in [4.78, 5) is 16.9. The molecule has 142 valence electrons. The maximum Gasteiger partial charge on any atom is 0.287 e. The molecule has 7 heteroatoms. The fourth-order valence-corrected chi connectivity index (χ4v) is 3.74. The van der Waals surface area contributed by atoms with Gasteiger partial charge in [-0.1, -0.05) is 18.2 Å². The Morgan fingerprint density at radius 3 is 2.48 bits per heavy atom. The summed E-state index contributed by atoms with van der Waals surface area (Å²) in [6, 6.07) is 16.2. The van der Waals surface area contributed by atoms with Crippen LogP contribution in [0.15, 0.2) is 57.6 Å². The molecule has 1 saturated carbocycles. The second kappa shape index (κ2) is 8.76. The fraction of sp³-hybridized carbons (Fsp3) is 0.300. The third kappa shape index (κ3) is 4.82. The quantitative estimate of drug-likeness (QED) is 0.576. The molecule has 1 amide bonds. The molecule has 1 aliphatic carbocycles. The van der Waals surface area contributed by atoms with Crippen LogP contribution in [-0.4, -0.2) is 23.0 Å². The predicted octanol–water partition coefficient (Wildman–Crippen LogP) is 5.17. The molecule has 3 aromatic rings. The standard InChI is InChI=1S/C20H20BrN3O2.ClH/c21-18-11-10-17(26-18)20(25)23-15-8-6-14(7-9-15)22-19-12-5-13-3-1-2-4-16(13)24-19;/h1-5,10-12,14-15H,6-9H2,(H,22,24)(H,23,25);1H. The van der Waals surface area contributed by atoms with Crippen molar-refractivity contribution in [2.45, 2.75) is 37.8 Å². The van der Waals surface area contributed by atoms with Crippen molar-refractivity contribution in [1.29, 1.82) is 0 Å². The molecular weight excluding hydrogens is 430 g/mol. The number of hydrogen-bond acceptors (Lipinski definition) is 4. The highest BCUT2D eigenvalue weighted by molar-refractivity contribution is 9.10. The minimum Gasteiger partial charge on any atom is -0.444 e. The Bertz CT molecular complexity index is 922. The number of furan rings is 1. The van der Waals surface area contributed by atoms with Gasteiger partial charge in [0.05, 0.1) is 5.52 Å². The van der Waals surface area contributed by atoms with Crippen LogP contribution < -0.4 is 10.6 Å². The molecule has 27 heavy (non-hydrogen) atoms. The summed E-state index contributed by atoms with van der Waals surface area (Å²) in [5.41, 5.74) is 1.00. The van der Waals surface area contributed by atoms with E-state index in [0.717, 1.165) is 42.4 Å². The molecule has 2 N–H and O–H groups in total. The van der Waals surface area contributed by atoms with Gasteiger partial charge in [0.2, 0.25) is 0 Å². The first kappa shape index (κ1) is 19.7. The van der Waals surface area contributed by atoms with Crippen LogP contribution in [0.2, 0.25) is 0 Å². The summed E-state index contributed by atoms with van der Waals surface area (Å²) in [5.74, 6) is 1.11. The third-order valence-corrected chi connectivity index (χ3v) is 5.24. The van der Waals surface area contributed by atoms with Crippen molar-refractivity contribution in [2.24, 2.45) is 0 Å². The topological polar surface area (TPSA) is 67.2 Å². The van der Waals surface area contributed by atoms with E-state index in [1.54, 1.807) is 12.1 Å². The summed E-state index contributed by atoms with van der Waals surface area (Å²) in [5, 5.41) is 7.74. The SMILES string of the molecule is Cl.O=C(NC1CCC(Nc2ccc3ccccc3n2)CC1)c1ccc(Br)o1.